The molecule has 2 aliphatic rings. The largest absolute Gasteiger partial charge is 0.497 e. The molecule has 1 aliphatic carbocycles. The summed E-state index contributed by atoms with van der Waals surface area (Å²) >= 11 is 0. The first-order chi connectivity index (χ1) is 17.1. The lowest BCUT2D eigenvalue weighted by Gasteiger charge is -2.32. The number of carbonyl (C=O) groups excluding carboxylic acids is 2. The Morgan fingerprint density at radius 2 is 1.89 bits per heavy atom. The van der Waals surface area contributed by atoms with E-state index in [0.717, 1.165) is 31.2 Å². The molecule has 1 N–H and O–H groups in total. The Balaban J connectivity index is 1.54. The van der Waals surface area contributed by atoms with E-state index < -0.39 is 6.04 Å². The quantitative estimate of drug-likeness (QED) is 0.516. The van der Waals surface area contributed by atoms with Crippen molar-refractivity contribution < 1.29 is 28.2 Å². The van der Waals surface area contributed by atoms with Crippen molar-refractivity contribution in [2.24, 2.45) is 0 Å². The van der Waals surface area contributed by atoms with Crippen molar-refractivity contribution in [3.63, 3.8) is 0 Å². The first-order valence-corrected chi connectivity index (χ1v) is 11.8. The Kier molecular flexibility index (Phi) is 6.61. The molecule has 3 aromatic rings. The summed E-state index contributed by atoms with van der Waals surface area (Å²) in [6.45, 7) is 0.320. The van der Waals surface area contributed by atoms with E-state index in [9.17, 15) is 9.59 Å². The normalized spacial score (nSPS) is 15.6. The Hall–Kier alpha value is -3.94. The number of amides is 2. The van der Waals surface area contributed by atoms with Crippen molar-refractivity contribution in [2.45, 2.75) is 44.3 Å². The van der Waals surface area contributed by atoms with E-state index in [1.807, 2.05) is 36.4 Å². The number of rotatable bonds is 8. The molecule has 1 aliphatic heterocycles. The molecule has 8 nitrogen and oxygen atoms in total. The third-order valence-electron chi connectivity index (χ3n) is 6.45. The summed E-state index contributed by atoms with van der Waals surface area (Å²) in [4.78, 5) is 29.0. The number of benzene rings is 2. The predicted octanol–water partition coefficient (Wildman–Crippen LogP) is 4.46. The molecule has 1 unspecified atom stereocenters. The van der Waals surface area contributed by atoms with Crippen molar-refractivity contribution in [3.8, 4) is 17.2 Å². The number of nitrogens with zero attached hydrogens (tertiary/aromatic N) is 1. The van der Waals surface area contributed by atoms with Crippen molar-refractivity contribution in [3.05, 3.63) is 77.7 Å². The number of hydrogen-bond acceptors (Lipinski definition) is 6. The van der Waals surface area contributed by atoms with Gasteiger partial charge in [0.2, 0.25) is 12.7 Å². The number of carbonyl (C=O) groups is 2. The van der Waals surface area contributed by atoms with Crippen LogP contribution in [0.4, 0.5) is 0 Å². The minimum atomic E-state index is -0.895. The zero-order valence-electron chi connectivity index (χ0n) is 19.6. The highest BCUT2D eigenvalue weighted by Gasteiger charge is 2.35. The number of ether oxygens (including phenoxy) is 3. The highest BCUT2D eigenvalue weighted by molar-refractivity contribution is 5.96. The van der Waals surface area contributed by atoms with Crippen LogP contribution in [0, 0.1) is 0 Å². The average Bonchev–Trinajstić information content (AvgIpc) is 3.66. The maximum atomic E-state index is 13.8. The maximum Gasteiger partial charge on any atom is 0.290 e. The van der Waals surface area contributed by atoms with Gasteiger partial charge in [0.15, 0.2) is 17.3 Å². The summed E-state index contributed by atoms with van der Waals surface area (Å²) < 4.78 is 21.8. The molecule has 2 amide bonds. The molecule has 5 rings (SSSR count). The summed E-state index contributed by atoms with van der Waals surface area (Å²) in [5, 5.41) is 3.17. The van der Waals surface area contributed by atoms with Crippen LogP contribution >= 0.6 is 0 Å². The van der Waals surface area contributed by atoms with E-state index in [4.69, 9.17) is 18.6 Å². The SMILES string of the molecule is COc1cccc(C(C(=O)NC2CCCC2)N(Cc2ccc3c(c2)OCO3)C(=O)c2ccco2)c1. The number of fused-ring (bicyclic) bond motifs is 1. The van der Waals surface area contributed by atoms with Gasteiger partial charge in [-0.2, -0.15) is 0 Å². The molecule has 1 aromatic heterocycles. The summed E-state index contributed by atoms with van der Waals surface area (Å²) in [6.07, 6.45) is 5.49. The average molecular weight is 477 g/mol. The molecule has 8 heteroatoms. The molecule has 0 spiro atoms. The summed E-state index contributed by atoms with van der Waals surface area (Å²) in [5.41, 5.74) is 1.45. The minimum absolute atomic E-state index is 0.0988. The van der Waals surface area contributed by atoms with Crippen molar-refractivity contribution >= 4 is 11.8 Å². The molecular weight excluding hydrogens is 448 g/mol. The minimum Gasteiger partial charge on any atom is -0.497 e. The maximum absolute atomic E-state index is 13.8. The van der Waals surface area contributed by atoms with E-state index in [2.05, 4.69) is 5.32 Å². The first-order valence-electron chi connectivity index (χ1n) is 11.8. The van der Waals surface area contributed by atoms with E-state index in [1.54, 1.807) is 25.3 Å². The molecule has 182 valence electrons. The van der Waals surface area contributed by atoms with Gasteiger partial charge in [-0.15, -0.1) is 0 Å². The second-order valence-corrected chi connectivity index (χ2v) is 8.77. The van der Waals surface area contributed by atoms with Crippen LogP contribution in [0.1, 0.15) is 53.4 Å². The standard InChI is InChI=1S/C27H28N2O6/c1-32-21-9-4-6-19(15-21)25(26(30)28-20-7-2-3-8-20)29(27(31)23-10-5-13-33-23)16-18-11-12-22-24(14-18)35-17-34-22/h4-6,9-15,20,25H,2-3,7-8,16-17H2,1H3,(H,28,30). The highest BCUT2D eigenvalue weighted by atomic mass is 16.7. The highest BCUT2D eigenvalue weighted by Crippen LogP contribution is 2.35. The summed E-state index contributed by atoms with van der Waals surface area (Å²) in [6, 6.07) is 15.2. The van der Waals surface area contributed by atoms with E-state index >= 15 is 0 Å². The van der Waals surface area contributed by atoms with Crippen LogP contribution in [-0.4, -0.2) is 36.7 Å². The molecule has 1 saturated carbocycles. The second kappa shape index (κ2) is 10.1. The van der Waals surface area contributed by atoms with Crippen molar-refractivity contribution in [1.29, 1.82) is 0 Å². The zero-order chi connectivity index (χ0) is 24.2. The summed E-state index contributed by atoms with van der Waals surface area (Å²) in [5.74, 6) is 1.41. The molecule has 0 bridgehead atoms. The number of furan rings is 1. The van der Waals surface area contributed by atoms with Crippen LogP contribution in [0.3, 0.4) is 0 Å². The smallest absolute Gasteiger partial charge is 0.290 e. The molecule has 0 radical (unpaired) electrons. The van der Waals surface area contributed by atoms with Crippen LogP contribution in [0.2, 0.25) is 0 Å². The third-order valence-corrected chi connectivity index (χ3v) is 6.45. The van der Waals surface area contributed by atoms with Crippen LogP contribution in [0.15, 0.2) is 65.3 Å². The van der Waals surface area contributed by atoms with Crippen LogP contribution in [0.25, 0.3) is 0 Å². The van der Waals surface area contributed by atoms with Crippen LogP contribution in [-0.2, 0) is 11.3 Å². The fourth-order valence-electron chi connectivity index (χ4n) is 4.69. The molecule has 0 saturated heterocycles. The van der Waals surface area contributed by atoms with Gasteiger partial charge in [0, 0.05) is 12.6 Å². The lowest BCUT2D eigenvalue weighted by molar-refractivity contribution is -0.126. The Labute approximate surface area is 203 Å². The fraction of sp³-hybridized carbons (Fsp3) is 0.333. The van der Waals surface area contributed by atoms with Gasteiger partial charge in [0.1, 0.15) is 11.8 Å². The monoisotopic (exact) mass is 476 g/mol. The lowest BCUT2D eigenvalue weighted by atomic mass is 10.0. The Bertz CT molecular complexity index is 1190. The molecule has 1 fully saturated rings. The predicted molar refractivity (Wildman–Crippen MR) is 127 cm³/mol. The first kappa shape index (κ1) is 22.8. The molecule has 2 aromatic carbocycles. The second-order valence-electron chi connectivity index (χ2n) is 8.77. The summed E-state index contributed by atoms with van der Waals surface area (Å²) in [7, 11) is 1.57. The zero-order valence-corrected chi connectivity index (χ0v) is 19.6. The van der Waals surface area contributed by atoms with Crippen LogP contribution < -0.4 is 19.5 Å². The van der Waals surface area contributed by atoms with Gasteiger partial charge in [-0.3, -0.25) is 9.59 Å². The third kappa shape index (κ3) is 4.96. The van der Waals surface area contributed by atoms with E-state index in [0.29, 0.717) is 22.8 Å². The van der Waals surface area contributed by atoms with Gasteiger partial charge in [-0.1, -0.05) is 31.0 Å². The van der Waals surface area contributed by atoms with Gasteiger partial charge in [0.25, 0.3) is 5.91 Å². The van der Waals surface area contributed by atoms with Crippen molar-refractivity contribution in [1.82, 2.24) is 10.2 Å². The Morgan fingerprint density at radius 3 is 2.66 bits per heavy atom. The molecule has 2 heterocycles. The Morgan fingerprint density at radius 1 is 1.06 bits per heavy atom. The van der Waals surface area contributed by atoms with Gasteiger partial charge >= 0.3 is 0 Å². The number of methoxy groups -OCH3 is 1. The fourth-order valence-corrected chi connectivity index (χ4v) is 4.69. The van der Waals surface area contributed by atoms with Gasteiger partial charge < -0.3 is 28.8 Å². The number of nitrogens with one attached hydrogen (secondary N) is 1. The number of hydrogen-bond donors (Lipinski definition) is 1. The molecule has 35 heavy (non-hydrogen) atoms. The van der Waals surface area contributed by atoms with Gasteiger partial charge in [0.05, 0.1) is 13.4 Å². The van der Waals surface area contributed by atoms with E-state index in [-0.39, 0.29) is 37.0 Å². The molecular formula is C27H28N2O6. The van der Waals surface area contributed by atoms with Gasteiger partial charge in [-0.05, 0) is 60.4 Å². The topological polar surface area (TPSA) is 90.2 Å². The van der Waals surface area contributed by atoms with Gasteiger partial charge in [-0.25, -0.2) is 0 Å². The van der Waals surface area contributed by atoms with Crippen LogP contribution in [0.5, 0.6) is 17.2 Å². The van der Waals surface area contributed by atoms with E-state index in [1.165, 1.54) is 11.2 Å². The lowest BCUT2D eigenvalue weighted by Crippen LogP contribution is -2.45. The van der Waals surface area contributed by atoms with Crippen molar-refractivity contribution in [2.75, 3.05) is 13.9 Å². The molecule has 1 atom stereocenters.